The van der Waals surface area contributed by atoms with Crippen molar-refractivity contribution in [3.8, 4) is 11.1 Å². The van der Waals surface area contributed by atoms with Crippen LogP contribution >= 0.6 is 11.6 Å². The summed E-state index contributed by atoms with van der Waals surface area (Å²) in [6, 6.07) is 15.6. The summed E-state index contributed by atoms with van der Waals surface area (Å²) in [5.74, 6) is 4.85. The van der Waals surface area contributed by atoms with Crippen LogP contribution in [0.2, 0.25) is 5.02 Å². The predicted octanol–water partition coefficient (Wildman–Crippen LogP) is 7.16. The van der Waals surface area contributed by atoms with Crippen LogP contribution in [0, 0.1) is 29.6 Å². The lowest BCUT2D eigenvalue weighted by Crippen LogP contribution is -2.39. The van der Waals surface area contributed by atoms with Crippen LogP contribution in [0.25, 0.3) is 11.1 Å². The lowest BCUT2D eigenvalue weighted by molar-refractivity contribution is 0.0385. The number of rotatable bonds is 1. The molecule has 3 aliphatic rings. The zero-order valence-corrected chi connectivity index (χ0v) is 16.0. The van der Waals surface area contributed by atoms with Crippen molar-refractivity contribution in [2.24, 2.45) is 29.6 Å². The first-order valence-electron chi connectivity index (χ1n) is 10.0. The molecule has 2 fully saturated rings. The molecule has 6 atom stereocenters. The average Bonchev–Trinajstić information content (AvgIpc) is 2.88. The van der Waals surface area contributed by atoms with Crippen molar-refractivity contribution in [2.75, 3.05) is 0 Å². The Morgan fingerprint density at radius 3 is 2.52 bits per heavy atom. The van der Waals surface area contributed by atoms with Gasteiger partial charge in [-0.15, -0.1) is 0 Å². The Labute approximate surface area is 156 Å². The van der Waals surface area contributed by atoms with E-state index in [9.17, 15) is 0 Å². The Morgan fingerprint density at radius 2 is 1.64 bits per heavy atom. The molecular weight excluding hydrogens is 324 g/mol. The van der Waals surface area contributed by atoms with Crippen LogP contribution in [-0.2, 0) is 0 Å². The monoisotopic (exact) mass is 350 g/mol. The molecule has 3 aliphatic carbocycles. The maximum atomic E-state index is 6.43. The topological polar surface area (TPSA) is 0 Å². The second-order valence-electron chi connectivity index (χ2n) is 9.03. The van der Waals surface area contributed by atoms with Gasteiger partial charge in [0.1, 0.15) is 0 Å². The van der Waals surface area contributed by atoms with Crippen molar-refractivity contribution in [1.29, 1.82) is 0 Å². The molecule has 0 heterocycles. The number of benzene rings is 2. The quantitative estimate of drug-likeness (QED) is 0.511. The molecule has 0 aliphatic heterocycles. The fourth-order valence-corrected chi connectivity index (χ4v) is 6.87. The van der Waals surface area contributed by atoms with Gasteiger partial charge in [0.05, 0.1) is 0 Å². The van der Waals surface area contributed by atoms with E-state index in [1.165, 1.54) is 42.4 Å². The second kappa shape index (κ2) is 5.88. The minimum Gasteiger partial charge on any atom is -0.0843 e. The Morgan fingerprint density at radius 1 is 0.840 bits per heavy atom. The predicted molar refractivity (Wildman–Crippen MR) is 106 cm³/mol. The van der Waals surface area contributed by atoms with Crippen molar-refractivity contribution in [1.82, 2.24) is 0 Å². The fraction of sp³-hybridized carbons (Fsp3) is 0.500. The lowest BCUT2D eigenvalue weighted by atomic mass is 9.56. The van der Waals surface area contributed by atoms with Gasteiger partial charge in [0.15, 0.2) is 0 Å². The van der Waals surface area contributed by atoms with Crippen molar-refractivity contribution in [3.05, 3.63) is 58.6 Å². The number of halogens is 1. The summed E-state index contributed by atoms with van der Waals surface area (Å²) in [5, 5.41) is 0.884. The standard InChI is InChI=1S/C24H27Cl/c1-14-9-16-11-15(2)23(17(10-14)12-16)24-21-6-4-3-5-19(21)20-8-7-18(25)13-22(20)24/h3-8,13-17,23-24H,9-12H2,1-2H3. The number of fused-ring (bicyclic) bond motifs is 5. The number of hydrogen-bond donors (Lipinski definition) is 0. The summed E-state index contributed by atoms with van der Waals surface area (Å²) in [5.41, 5.74) is 5.90. The van der Waals surface area contributed by atoms with Crippen LogP contribution in [-0.4, -0.2) is 0 Å². The van der Waals surface area contributed by atoms with E-state index in [1.807, 2.05) is 0 Å². The molecule has 0 spiro atoms. The third kappa shape index (κ3) is 2.48. The summed E-state index contributed by atoms with van der Waals surface area (Å²) >= 11 is 6.43. The summed E-state index contributed by atoms with van der Waals surface area (Å²) < 4.78 is 0. The van der Waals surface area contributed by atoms with E-state index in [2.05, 4.69) is 56.3 Å². The molecule has 0 nitrogen and oxygen atoms in total. The molecule has 0 amide bonds. The second-order valence-corrected chi connectivity index (χ2v) is 9.46. The smallest absolute Gasteiger partial charge is 0.0409 e. The number of hydrogen-bond acceptors (Lipinski definition) is 0. The highest BCUT2D eigenvalue weighted by molar-refractivity contribution is 6.30. The molecule has 0 radical (unpaired) electrons. The zero-order chi connectivity index (χ0) is 17.1. The fourth-order valence-electron chi connectivity index (χ4n) is 6.69. The molecule has 0 aromatic heterocycles. The highest BCUT2D eigenvalue weighted by atomic mass is 35.5. The first kappa shape index (κ1) is 15.9. The Hall–Kier alpha value is -1.27. The summed E-state index contributed by atoms with van der Waals surface area (Å²) in [6.07, 6.45) is 5.74. The van der Waals surface area contributed by atoms with Crippen LogP contribution in [0.15, 0.2) is 42.5 Å². The largest absolute Gasteiger partial charge is 0.0843 e. The van der Waals surface area contributed by atoms with Crippen LogP contribution < -0.4 is 0 Å². The third-order valence-corrected chi connectivity index (χ3v) is 7.54. The molecule has 6 unspecified atom stereocenters. The Kier molecular flexibility index (Phi) is 3.75. The van der Waals surface area contributed by atoms with E-state index in [0.29, 0.717) is 5.92 Å². The molecule has 2 aromatic rings. The van der Waals surface area contributed by atoms with E-state index in [-0.39, 0.29) is 0 Å². The molecule has 0 N–H and O–H groups in total. The zero-order valence-electron chi connectivity index (χ0n) is 15.2. The molecule has 2 aromatic carbocycles. The normalized spacial score (nSPS) is 36.0. The maximum absolute atomic E-state index is 6.43. The molecule has 25 heavy (non-hydrogen) atoms. The first-order chi connectivity index (χ1) is 12.1. The van der Waals surface area contributed by atoms with E-state index < -0.39 is 0 Å². The SMILES string of the molecule is CC1CC2CC(C)C(C3c4ccccc4-c4ccc(Cl)cc43)C(C1)C2. The van der Waals surface area contributed by atoms with E-state index >= 15 is 0 Å². The van der Waals surface area contributed by atoms with Gasteiger partial charge in [-0.1, -0.05) is 55.8 Å². The third-order valence-electron chi connectivity index (χ3n) is 7.30. The van der Waals surface area contributed by atoms with Crippen LogP contribution in [0.3, 0.4) is 0 Å². The van der Waals surface area contributed by atoms with Gasteiger partial charge in [-0.3, -0.25) is 0 Å². The van der Waals surface area contributed by atoms with Gasteiger partial charge in [-0.25, -0.2) is 0 Å². The minimum atomic E-state index is 0.538. The summed E-state index contributed by atoms with van der Waals surface area (Å²) in [7, 11) is 0. The van der Waals surface area contributed by atoms with Gasteiger partial charge in [-0.2, -0.15) is 0 Å². The minimum absolute atomic E-state index is 0.538. The first-order valence-corrected chi connectivity index (χ1v) is 10.4. The van der Waals surface area contributed by atoms with E-state index in [0.717, 1.165) is 34.6 Å². The Balaban J connectivity index is 1.64. The van der Waals surface area contributed by atoms with Gasteiger partial charge >= 0.3 is 0 Å². The van der Waals surface area contributed by atoms with Crippen LogP contribution in [0.5, 0.6) is 0 Å². The molecule has 1 heteroatoms. The molecule has 5 rings (SSSR count). The summed E-state index contributed by atoms with van der Waals surface area (Å²) in [6.45, 7) is 4.99. The average molecular weight is 351 g/mol. The Bertz CT molecular complexity index is 803. The van der Waals surface area contributed by atoms with Crippen molar-refractivity contribution in [2.45, 2.75) is 45.4 Å². The van der Waals surface area contributed by atoms with Gasteiger partial charge in [-0.05, 0) is 89.7 Å². The highest BCUT2D eigenvalue weighted by Gasteiger charge is 2.46. The van der Waals surface area contributed by atoms with Crippen molar-refractivity contribution in [3.63, 3.8) is 0 Å². The molecule has 0 saturated heterocycles. The van der Waals surface area contributed by atoms with Crippen molar-refractivity contribution < 1.29 is 0 Å². The van der Waals surface area contributed by atoms with Gasteiger partial charge < -0.3 is 0 Å². The van der Waals surface area contributed by atoms with Crippen LogP contribution in [0.1, 0.15) is 56.6 Å². The molecular formula is C24H27Cl. The van der Waals surface area contributed by atoms with E-state index in [1.54, 1.807) is 5.56 Å². The molecule has 2 saturated carbocycles. The van der Waals surface area contributed by atoms with Gasteiger partial charge in [0, 0.05) is 10.9 Å². The van der Waals surface area contributed by atoms with E-state index in [4.69, 9.17) is 11.6 Å². The van der Waals surface area contributed by atoms with Gasteiger partial charge in [0.2, 0.25) is 0 Å². The highest BCUT2D eigenvalue weighted by Crippen LogP contribution is 2.58. The van der Waals surface area contributed by atoms with Crippen LogP contribution in [0.4, 0.5) is 0 Å². The van der Waals surface area contributed by atoms with Crippen molar-refractivity contribution >= 4 is 11.6 Å². The maximum Gasteiger partial charge on any atom is 0.0409 e. The summed E-state index contributed by atoms with van der Waals surface area (Å²) in [4.78, 5) is 0. The van der Waals surface area contributed by atoms with Gasteiger partial charge in [0.25, 0.3) is 0 Å². The molecule has 130 valence electrons. The molecule has 2 bridgehead atoms. The lowest BCUT2D eigenvalue weighted by Gasteiger charge is -2.49.